The number of carbonyl (C=O) groups excluding carboxylic acids is 2. The molecule has 0 unspecified atom stereocenters. The van der Waals surface area contributed by atoms with Gasteiger partial charge in [-0.15, -0.1) is 0 Å². The Bertz CT molecular complexity index is 272. The first-order valence-corrected chi connectivity index (χ1v) is 10.0. The highest BCUT2D eigenvalue weighted by atomic mass is 33.1. The van der Waals surface area contributed by atoms with E-state index < -0.39 is 17.9 Å². The topological polar surface area (TPSA) is 52.6 Å². The highest BCUT2D eigenvalue weighted by molar-refractivity contribution is 8.77. The van der Waals surface area contributed by atoms with Crippen LogP contribution in [0.2, 0.25) is 0 Å². The molecule has 0 saturated carbocycles. The summed E-state index contributed by atoms with van der Waals surface area (Å²) in [4.78, 5) is 23.3. The first-order chi connectivity index (χ1) is 9.88. The van der Waals surface area contributed by atoms with E-state index in [-0.39, 0.29) is 12.2 Å². The Morgan fingerprint density at radius 3 is 1.62 bits per heavy atom. The number of hydrogen-bond acceptors (Lipinski definition) is 6. The third-order valence-corrected chi connectivity index (χ3v) is 4.97. The molecule has 1 aliphatic rings. The van der Waals surface area contributed by atoms with Crippen LogP contribution in [0.4, 0.5) is 0 Å². The van der Waals surface area contributed by atoms with E-state index in [1.807, 2.05) is 28.5 Å². The van der Waals surface area contributed by atoms with Crippen molar-refractivity contribution in [2.45, 2.75) is 66.1 Å². The van der Waals surface area contributed by atoms with Gasteiger partial charge in [-0.3, -0.25) is 9.59 Å². The molecule has 1 fully saturated rings. The highest BCUT2D eigenvalue weighted by Crippen LogP contribution is 2.29. The molecule has 0 N–H and O–H groups in total. The fraction of sp³-hybridized carbons (Fsp3) is 0.867. The largest absolute Gasteiger partial charge is 0.462 e. The van der Waals surface area contributed by atoms with Crippen LogP contribution in [0, 0.1) is 5.92 Å². The second-order valence-electron chi connectivity index (χ2n) is 5.31. The van der Waals surface area contributed by atoms with Crippen molar-refractivity contribution in [3.8, 4) is 0 Å². The minimum absolute atomic E-state index is 0.210. The van der Waals surface area contributed by atoms with Gasteiger partial charge >= 0.3 is 11.9 Å². The molecule has 1 saturated heterocycles. The van der Waals surface area contributed by atoms with Gasteiger partial charge in [0.15, 0.2) is 5.92 Å². The fourth-order valence-electron chi connectivity index (χ4n) is 1.54. The van der Waals surface area contributed by atoms with Crippen LogP contribution in [0.5, 0.6) is 0 Å². The maximum Gasteiger partial charge on any atom is 0.320 e. The molecule has 21 heavy (non-hydrogen) atoms. The summed E-state index contributed by atoms with van der Waals surface area (Å²) in [6.07, 6.45) is 2.22. The van der Waals surface area contributed by atoms with Crippen molar-refractivity contribution in [1.29, 1.82) is 0 Å². The number of esters is 2. The number of rotatable bonds is 6. The molecular formula is C15H28O4S2. The standard InChI is InChI=1S/C12H22O4.C3H6S2/c1-6-7-10(11(13)15-8(2)3)12(14)16-9(4)5;1-2-4-5-3-1/h8-10H,6-7H2,1-5H3;1-3H2. The lowest BCUT2D eigenvalue weighted by Gasteiger charge is -2.17. The summed E-state index contributed by atoms with van der Waals surface area (Å²) in [5.74, 6) is 1.01. The molecule has 6 heteroatoms. The maximum absolute atomic E-state index is 11.6. The van der Waals surface area contributed by atoms with Gasteiger partial charge in [-0.2, -0.15) is 0 Å². The molecule has 0 aliphatic carbocycles. The Morgan fingerprint density at radius 2 is 1.38 bits per heavy atom. The van der Waals surface area contributed by atoms with E-state index in [1.54, 1.807) is 27.7 Å². The van der Waals surface area contributed by atoms with Crippen LogP contribution in [0.3, 0.4) is 0 Å². The molecule has 0 atom stereocenters. The molecule has 124 valence electrons. The fourth-order valence-corrected chi connectivity index (χ4v) is 3.90. The number of carbonyl (C=O) groups is 2. The third-order valence-electron chi connectivity index (χ3n) is 2.39. The SMILES string of the molecule is C1CSSC1.CCCC(C(=O)OC(C)C)C(=O)OC(C)C. The molecule has 0 spiro atoms. The lowest BCUT2D eigenvalue weighted by Crippen LogP contribution is -2.31. The van der Waals surface area contributed by atoms with Crippen molar-refractivity contribution in [3.63, 3.8) is 0 Å². The smallest absolute Gasteiger partial charge is 0.320 e. The lowest BCUT2D eigenvalue weighted by atomic mass is 10.0. The van der Waals surface area contributed by atoms with Crippen LogP contribution in [-0.4, -0.2) is 35.7 Å². The van der Waals surface area contributed by atoms with Crippen LogP contribution in [0.1, 0.15) is 53.9 Å². The van der Waals surface area contributed by atoms with Crippen LogP contribution in [0.25, 0.3) is 0 Å². The van der Waals surface area contributed by atoms with Gasteiger partial charge in [0.25, 0.3) is 0 Å². The second kappa shape index (κ2) is 12.2. The van der Waals surface area contributed by atoms with E-state index in [2.05, 4.69) is 0 Å². The van der Waals surface area contributed by atoms with Crippen molar-refractivity contribution >= 4 is 33.5 Å². The summed E-state index contributed by atoms with van der Waals surface area (Å²) < 4.78 is 10.1. The van der Waals surface area contributed by atoms with Crippen molar-refractivity contribution in [2.75, 3.05) is 11.5 Å². The number of ether oxygens (including phenoxy) is 2. The maximum atomic E-state index is 11.6. The van der Waals surface area contributed by atoms with Crippen LogP contribution >= 0.6 is 21.6 Å². The molecule has 0 bridgehead atoms. The van der Waals surface area contributed by atoms with Gasteiger partial charge in [0.1, 0.15) is 0 Å². The molecule has 0 radical (unpaired) electrons. The minimum Gasteiger partial charge on any atom is -0.462 e. The third kappa shape index (κ3) is 10.9. The first-order valence-electron chi connectivity index (χ1n) is 7.53. The first kappa shape index (κ1) is 20.6. The van der Waals surface area contributed by atoms with Crippen molar-refractivity contribution in [1.82, 2.24) is 0 Å². The molecule has 0 amide bonds. The van der Waals surface area contributed by atoms with E-state index >= 15 is 0 Å². The predicted molar refractivity (Wildman–Crippen MR) is 90.4 cm³/mol. The molecule has 1 heterocycles. The Kier molecular flexibility index (Phi) is 12.0. The zero-order valence-electron chi connectivity index (χ0n) is 13.7. The normalized spacial score (nSPS) is 14.1. The Labute approximate surface area is 136 Å². The zero-order chi connectivity index (χ0) is 16.3. The van der Waals surface area contributed by atoms with Gasteiger partial charge in [-0.05, 0) is 40.5 Å². The quantitative estimate of drug-likeness (QED) is 0.414. The summed E-state index contributed by atoms with van der Waals surface area (Å²) in [6.45, 7) is 8.95. The summed E-state index contributed by atoms with van der Waals surface area (Å²) in [7, 11) is 3.98. The Balaban J connectivity index is 0.000000662. The minimum atomic E-state index is -0.783. The van der Waals surface area contributed by atoms with E-state index in [4.69, 9.17) is 9.47 Å². The van der Waals surface area contributed by atoms with Gasteiger partial charge in [-0.25, -0.2) is 0 Å². The van der Waals surface area contributed by atoms with Crippen molar-refractivity contribution in [3.05, 3.63) is 0 Å². The molecular weight excluding hydrogens is 308 g/mol. The van der Waals surface area contributed by atoms with Gasteiger partial charge in [0, 0.05) is 11.5 Å². The molecule has 4 nitrogen and oxygen atoms in total. The van der Waals surface area contributed by atoms with E-state index in [1.165, 1.54) is 17.9 Å². The lowest BCUT2D eigenvalue weighted by molar-refractivity contribution is -0.166. The molecule has 1 aliphatic heterocycles. The summed E-state index contributed by atoms with van der Waals surface area (Å²) in [6, 6.07) is 0. The molecule has 0 aromatic rings. The highest BCUT2D eigenvalue weighted by Gasteiger charge is 2.29. The van der Waals surface area contributed by atoms with Crippen LogP contribution in [0.15, 0.2) is 0 Å². The molecule has 0 aromatic heterocycles. The second-order valence-corrected chi connectivity index (χ2v) is 8.01. The molecule has 1 rings (SSSR count). The summed E-state index contributed by atoms with van der Waals surface area (Å²) >= 11 is 0. The van der Waals surface area contributed by atoms with E-state index in [0.29, 0.717) is 6.42 Å². The monoisotopic (exact) mass is 336 g/mol. The molecule has 0 aromatic carbocycles. The van der Waals surface area contributed by atoms with Crippen LogP contribution < -0.4 is 0 Å². The van der Waals surface area contributed by atoms with Gasteiger partial charge in [0.2, 0.25) is 0 Å². The summed E-state index contributed by atoms with van der Waals surface area (Å²) in [5.41, 5.74) is 0. The van der Waals surface area contributed by atoms with Crippen LogP contribution in [-0.2, 0) is 19.1 Å². The zero-order valence-corrected chi connectivity index (χ0v) is 15.4. The Hall–Kier alpha value is -0.360. The number of hydrogen-bond donors (Lipinski definition) is 0. The predicted octanol–water partition coefficient (Wildman–Crippen LogP) is 4.08. The van der Waals surface area contributed by atoms with Crippen molar-refractivity contribution < 1.29 is 19.1 Å². The van der Waals surface area contributed by atoms with Gasteiger partial charge < -0.3 is 9.47 Å². The Morgan fingerprint density at radius 1 is 0.952 bits per heavy atom. The van der Waals surface area contributed by atoms with E-state index in [0.717, 1.165) is 6.42 Å². The van der Waals surface area contributed by atoms with E-state index in [9.17, 15) is 9.59 Å². The average molecular weight is 337 g/mol. The summed E-state index contributed by atoms with van der Waals surface area (Å²) in [5, 5.41) is 0. The average Bonchev–Trinajstić information content (AvgIpc) is 2.92. The van der Waals surface area contributed by atoms with Crippen molar-refractivity contribution in [2.24, 2.45) is 5.92 Å². The van der Waals surface area contributed by atoms with Gasteiger partial charge in [0.05, 0.1) is 12.2 Å². The van der Waals surface area contributed by atoms with Gasteiger partial charge in [-0.1, -0.05) is 34.9 Å².